The lowest BCUT2D eigenvalue weighted by Gasteiger charge is -2.09. The van der Waals surface area contributed by atoms with E-state index in [4.69, 9.17) is 21.4 Å². The molecule has 2 aromatic rings. The van der Waals surface area contributed by atoms with Crippen LogP contribution in [0, 0.1) is 0 Å². The maximum Gasteiger partial charge on any atom is 0.303 e. The fourth-order valence-electron chi connectivity index (χ4n) is 1.99. The number of aryl methyl sites for hydroxylation is 1. The molecule has 0 atom stereocenters. The quantitative estimate of drug-likeness (QED) is 0.851. The van der Waals surface area contributed by atoms with Crippen LogP contribution in [0.2, 0.25) is 5.02 Å². The molecule has 0 bridgehead atoms. The Morgan fingerprint density at radius 2 is 2.09 bits per heavy atom. The van der Waals surface area contributed by atoms with E-state index in [0.717, 1.165) is 5.56 Å². The van der Waals surface area contributed by atoms with Gasteiger partial charge < -0.3 is 14.4 Å². The third kappa shape index (κ3) is 4.63. The number of aliphatic carboxylic acids is 1. The first-order valence-corrected chi connectivity index (χ1v) is 7.22. The lowest BCUT2D eigenvalue weighted by atomic mass is 10.2. The third-order valence-corrected chi connectivity index (χ3v) is 3.29. The van der Waals surface area contributed by atoms with E-state index < -0.39 is 5.97 Å². The summed E-state index contributed by atoms with van der Waals surface area (Å²) in [6.45, 7) is 0.592. The van der Waals surface area contributed by atoms with Crippen molar-refractivity contribution < 1.29 is 14.6 Å². The number of nitrogens with zero attached hydrogens (tertiary/aromatic N) is 1. The molecule has 5 nitrogen and oxygen atoms in total. The van der Waals surface area contributed by atoms with E-state index >= 15 is 0 Å². The normalized spacial score (nSPS) is 10.4. The number of hydrogen-bond donors (Lipinski definition) is 1. The van der Waals surface area contributed by atoms with E-state index in [-0.39, 0.29) is 24.3 Å². The van der Waals surface area contributed by atoms with Crippen LogP contribution in [-0.2, 0) is 17.9 Å². The zero-order chi connectivity index (χ0) is 15.9. The number of carboxylic acids is 1. The van der Waals surface area contributed by atoms with Gasteiger partial charge in [-0.2, -0.15) is 0 Å². The van der Waals surface area contributed by atoms with E-state index in [1.165, 1.54) is 4.57 Å². The number of carbonyl (C=O) groups is 1. The van der Waals surface area contributed by atoms with E-state index in [9.17, 15) is 9.59 Å². The van der Waals surface area contributed by atoms with Crippen molar-refractivity contribution in [2.45, 2.75) is 26.0 Å². The van der Waals surface area contributed by atoms with E-state index in [1.54, 1.807) is 30.5 Å². The van der Waals surface area contributed by atoms with Crippen LogP contribution in [-0.4, -0.2) is 15.6 Å². The van der Waals surface area contributed by atoms with Gasteiger partial charge in [0.1, 0.15) is 6.61 Å². The maximum absolute atomic E-state index is 12.2. The number of pyridine rings is 1. The molecule has 0 spiro atoms. The minimum Gasteiger partial charge on any atom is -0.483 e. The summed E-state index contributed by atoms with van der Waals surface area (Å²) in [5.74, 6) is -0.640. The number of halogens is 1. The Balaban J connectivity index is 2.02. The highest BCUT2D eigenvalue weighted by Gasteiger charge is 2.06. The van der Waals surface area contributed by atoms with Crippen LogP contribution in [0.3, 0.4) is 0 Å². The molecule has 0 aliphatic carbocycles. The van der Waals surface area contributed by atoms with Crippen molar-refractivity contribution >= 4 is 17.6 Å². The summed E-state index contributed by atoms with van der Waals surface area (Å²) in [4.78, 5) is 22.7. The molecule has 1 aromatic carbocycles. The average Bonchev–Trinajstić information content (AvgIpc) is 2.47. The lowest BCUT2D eigenvalue weighted by Crippen LogP contribution is -2.21. The van der Waals surface area contributed by atoms with Crippen molar-refractivity contribution in [3.05, 3.63) is 63.5 Å². The highest BCUT2D eigenvalue weighted by Crippen LogP contribution is 2.13. The second-order valence-corrected chi connectivity index (χ2v) is 5.22. The van der Waals surface area contributed by atoms with Gasteiger partial charge in [-0.3, -0.25) is 9.59 Å². The van der Waals surface area contributed by atoms with Crippen LogP contribution in [0.5, 0.6) is 5.75 Å². The molecule has 2 rings (SSSR count). The molecule has 1 heterocycles. The van der Waals surface area contributed by atoms with Gasteiger partial charge in [0.15, 0.2) is 5.75 Å². The first-order chi connectivity index (χ1) is 10.6. The van der Waals surface area contributed by atoms with Crippen LogP contribution >= 0.6 is 11.6 Å². The summed E-state index contributed by atoms with van der Waals surface area (Å²) in [5.41, 5.74) is 0.600. The van der Waals surface area contributed by atoms with Crippen molar-refractivity contribution in [3.8, 4) is 5.75 Å². The third-order valence-electron chi connectivity index (χ3n) is 3.06. The number of carboxylic acid groups (broad SMARTS) is 1. The Kier molecular flexibility index (Phi) is 5.61. The molecule has 6 heteroatoms. The SMILES string of the molecule is O=C(O)CCCn1cccc(OCc2cccc(Cl)c2)c1=O. The number of benzene rings is 1. The lowest BCUT2D eigenvalue weighted by molar-refractivity contribution is -0.137. The first kappa shape index (κ1) is 16.1. The Bertz CT molecular complexity index is 711. The van der Waals surface area contributed by atoms with Crippen LogP contribution in [0.1, 0.15) is 18.4 Å². The molecule has 0 aliphatic heterocycles. The largest absolute Gasteiger partial charge is 0.483 e. The fourth-order valence-corrected chi connectivity index (χ4v) is 2.20. The predicted molar refractivity (Wildman–Crippen MR) is 83.4 cm³/mol. The molecule has 22 heavy (non-hydrogen) atoms. The smallest absolute Gasteiger partial charge is 0.303 e. The van der Waals surface area contributed by atoms with E-state index in [1.807, 2.05) is 12.1 Å². The van der Waals surface area contributed by atoms with Gasteiger partial charge in [0, 0.05) is 24.2 Å². The minimum absolute atomic E-state index is 0.0278. The van der Waals surface area contributed by atoms with Crippen molar-refractivity contribution in [1.82, 2.24) is 4.57 Å². The molecular formula is C16H16ClNO4. The van der Waals surface area contributed by atoms with Crippen LogP contribution in [0.25, 0.3) is 0 Å². The monoisotopic (exact) mass is 321 g/mol. The first-order valence-electron chi connectivity index (χ1n) is 6.85. The second kappa shape index (κ2) is 7.66. The molecule has 116 valence electrons. The highest BCUT2D eigenvalue weighted by atomic mass is 35.5. The Labute approximate surface area is 132 Å². The average molecular weight is 322 g/mol. The fraction of sp³-hybridized carbons (Fsp3) is 0.250. The maximum atomic E-state index is 12.2. The van der Waals surface area contributed by atoms with Crippen LogP contribution in [0.4, 0.5) is 0 Å². The Morgan fingerprint density at radius 1 is 1.27 bits per heavy atom. The van der Waals surface area contributed by atoms with Crippen LogP contribution < -0.4 is 10.3 Å². The molecular weight excluding hydrogens is 306 g/mol. The summed E-state index contributed by atoms with van der Waals surface area (Å²) in [6.07, 6.45) is 2.05. The molecule has 0 aliphatic rings. The van der Waals surface area contributed by atoms with Gasteiger partial charge in [-0.1, -0.05) is 23.7 Å². The van der Waals surface area contributed by atoms with Gasteiger partial charge in [0.2, 0.25) is 0 Å². The molecule has 0 fully saturated rings. The summed E-state index contributed by atoms with van der Waals surface area (Å²) >= 11 is 5.90. The zero-order valence-corrected chi connectivity index (χ0v) is 12.6. The Morgan fingerprint density at radius 3 is 2.82 bits per heavy atom. The summed E-state index contributed by atoms with van der Waals surface area (Å²) in [7, 11) is 0. The highest BCUT2D eigenvalue weighted by molar-refractivity contribution is 6.30. The molecule has 1 aromatic heterocycles. The number of rotatable bonds is 7. The second-order valence-electron chi connectivity index (χ2n) is 4.79. The van der Waals surface area contributed by atoms with Gasteiger partial charge in [0.25, 0.3) is 5.56 Å². The molecule has 0 unspecified atom stereocenters. The summed E-state index contributed by atoms with van der Waals surface area (Å²) in [5, 5.41) is 9.24. The zero-order valence-electron chi connectivity index (χ0n) is 11.9. The Hall–Kier alpha value is -2.27. The van der Waals surface area contributed by atoms with Crippen molar-refractivity contribution in [1.29, 1.82) is 0 Å². The van der Waals surface area contributed by atoms with Crippen molar-refractivity contribution in [3.63, 3.8) is 0 Å². The molecule has 0 saturated heterocycles. The van der Waals surface area contributed by atoms with E-state index in [2.05, 4.69) is 0 Å². The van der Waals surface area contributed by atoms with Gasteiger partial charge in [0.05, 0.1) is 0 Å². The van der Waals surface area contributed by atoms with Crippen molar-refractivity contribution in [2.75, 3.05) is 0 Å². The van der Waals surface area contributed by atoms with Gasteiger partial charge in [-0.25, -0.2) is 0 Å². The predicted octanol–water partition coefficient (Wildman–Crippen LogP) is 2.95. The van der Waals surface area contributed by atoms with Gasteiger partial charge in [-0.05, 0) is 36.2 Å². The molecule has 0 saturated carbocycles. The standard InChI is InChI=1S/C16H16ClNO4/c17-13-5-1-4-12(10-13)11-22-14-6-2-8-18(16(14)21)9-3-7-15(19)20/h1-2,4-6,8,10H,3,7,9,11H2,(H,19,20). The summed E-state index contributed by atoms with van der Waals surface area (Å²) < 4.78 is 6.99. The van der Waals surface area contributed by atoms with Crippen LogP contribution in [0.15, 0.2) is 47.4 Å². The topological polar surface area (TPSA) is 68.5 Å². The number of aromatic nitrogens is 1. The van der Waals surface area contributed by atoms with Gasteiger partial charge in [-0.15, -0.1) is 0 Å². The van der Waals surface area contributed by atoms with E-state index in [0.29, 0.717) is 18.0 Å². The van der Waals surface area contributed by atoms with Crippen molar-refractivity contribution in [2.24, 2.45) is 0 Å². The number of ether oxygens (including phenoxy) is 1. The van der Waals surface area contributed by atoms with Gasteiger partial charge >= 0.3 is 5.97 Å². The molecule has 0 radical (unpaired) electrons. The number of hydrogen-bond acceptors (Lipinski definition) is 3. The molecule has 1 N–H and O–H groups in total. The molecule has 0 amide bonds. The minimum atomic E-state index is -0.874. The summed E-state index contributed by atoms with van der Waals surface area (Å²) in [6, 6.07) is 10.5.